The summed E-state index contributed by atoms with van der Waals surface area (Å²) in [6.45, 7) is 12.3. The number of carbonyl (C=O) groups excluding carboxylic acids is 1. The molecule has 8 nitrogen and oxygen atoms in total. The van der Waals surface area contributed by atoms with E-state index in [1.807, 2.05) is 25.7 Å². The highest BCUT2D eigenvalue weighted by Crippen LogP contribution is 2.25. The molecule has 2 saturated heterocycles. The second-order valence-electron chi connectivity index (χ2n) is 9.27. The Morgan fingerprint density at radius 1 is 0.909 bits per heavy atom. The summed E-state index contributed by atoms with van der Waals surface area (Å²) in [4.78, 5) is 31.3. The number of nitrogens with zero attached hydrogens (tertiary/aromatic N) is 6. The van der Waals surface area contributed by atoms with Crippen LogP contribution in [0.5, 0.6) is 5.75 Å². The fourth-order valence-corrected chi connectivity index (χ4v) is 4.38. The van der Waals surface area contributed by atoms with E-state index in [9.17, 15) is 4.79 Å². The first-order valence-electron chi connectivity index (χ1n) is 11.5. The minimum atomic E-state index is -0.962. The Balaban J connectivity index is 1.38. The predicted octanol–water partition coefficient (Wildman–Crippen LogP) is 2.70. The lowest BCUT2D eigenvalue weighted by Crippen LogP contribution is -2.56. The van der Waals surface area contributed by atoms with Gasteiger partial charge in [0, 0.05) is 63.4 Å². The molecule has 0 aliphatic carbocycles. The molecule has 0 radical (unpaired) electrons. The highest BCUT2D eigenvalue weighted by atomic mass is 35.5. The Kier molecular flexibility index (Phi) is 6.95. The van der Waals surface area contributed by atoms with Gasteiger partial charge in [-0.15, -0.1) is 0 Å². The number of hydrogen-bond acceptors (Lipinski definition) is 7. The summed E-state index contributed by atoms with van der Waals surface area (Å²) in [5.74, 6) is 3.30. The predicted molar refractivity (Wildman–Crippen MR) is 131 cm³/mol. The van der Waals surface area contributed by atoms with Crippen molar-refractivity contribution < 1.29 is 9.53 Å². The van der Waals surface area contributed by atoms with E-state index in [-0.39, 0.29) is 5.91 Å². The van der Waals surface area contributed by atoms with Crippen LogP contribution in [0.2, 0.25) is 5.02 Å². The Morgan fingerprint density at radius 2 is 1.42 bits per heavy atom. The number of likely N-dealkylation sites (N-methyl/N-ethyl adjacent to an activating group) is 1. The van der Waals surface area contributed by atoms with Crippen LogP contribution in [-0.2, 0) is 4.79 Å². The number of carbonyl (C=O) groups is 1. The molecule has 3 heterocycles. The zero-order valence-corrected chi connectivity index (χ0v) is 20.7. The van der Waals surface area contributed by atoms with Crippen LogP contribution in [-0.4, -0.2) is 90.7 Å². The average Bonchev–Trinajstić information content (AvgIpc) is 2.80. The molecule has 0 spiro atoms. The van der Waals surface area contributed by atoms with Gasteiger partial charge in [-0.2, -0.15) is 0 Å². The van der Waals surface area contributed by atoms with Gasteiger partial charge in [0.05, 0.1) is 0 Å². The van der Waals surface area contributed by atoms with Gasteiger partial charge in [-0.05, 0) is 52.1 Å². The standard InChI is InChI=1S/C24H33ClN6O2/c1-18-26-21(29-11-9-28(4)10-12-29)17-22(27-18)30-13-15-31(16-14-30)23(32)24(2,3)33-20-7-5-19(25)6-8-20/h5-8,17H,9-16H2,1-4H3. The maximum Gasteiger partial charge on any atom is 0.266 e. The van der Waals surface area contributed by atoms with Crippen molar-refractivity contribution in [2.75, 3.05) is 69.2 Å². The van der Waals surface area contributed by atoms with Crippen molar-refractivity contribution in [3.05, 3.63) is 41.2 Å². The average molecular weight is 473 g/mol. The molecule has 9 heteroatoms. The molecule has 1 aromatic heterocycles. The van der Waals surface area contributed by atoms with E-state index in [4.69, 9.17) is 16.3 Å². The molecule has 0 bridgehead atoms. The number of amides is 1. The third-order valence-corrected chi connectivity index (χ3v) is 6.48. The van der Waals surface area contributed by atoms with Gasteiger partial charge >= 0.3 is 0 Å². The molecule has 0 saturated carbocycles. The van der Waals surface area contributed by atoms with Crippen molar-refractivity contribution in [2.45, 2.75) is 26.4 Å². The molecule has 178 valence electrons. The van der Waals surface area contributed by atoms with Gasteiger partial charge in [0.25, 0.3) is 5.91 Å². The first-order valence-corrected chi connectivity index (χ1v) is 11.9. The molecule has 2 fully saturated rings. The maximum atomic E-state index is 13.2. The number of halogens is 1. The monoisotopic (exact) mass is 472 g/mol. The Morgan fingerprint density at radius 3 is 1.97 bits per heavy atom. The summed E-state index contributed by atoms with van der Waals surface area (Å²) in [5, 5.41) is 0.637. The van der Waals surface area contributed by atoms with Crippen LogP contribution in [0.4, 0.5) is 11.6 Å². The van der Waals surface area contributed by atoms with Crippen LogP contribution in [0, 0.1) is 6.92 Å². The van der Waals surface area contributed by atoms with E-state index in [1.165, 1.54) is 0 Å². The summed E-state index contributed by atoms with van der Waals surface area (Å²) in [6.07, 6.45) is 0. The molecule has 1 aromatic carbocycles. The van der Waals surface area contributed by atoms with Gasteiger partial charge in [0.2, 0.25) is 0 Å². The van der Waals surface area contributed by atoms with Gasteiger partial charge < -0.3 is 24.3 Å². The Hall–Kier alpha value is -2.58. The number of aromatic nitrogens is 2. The minimum absolute atomic E-state index is 0.0194. The van der Waals surface area contributed by atoms with Crippen molar-refractivity contribution in [1.29, 1.82) is 0 Å². The SMILES string of the molecule is Cc1nc(N2CCN(C)CC2)cc(N2CCN(C(=O)C(C)(C)Oc3ccc(Cl)cc3)CC2)n1. The number of ether oxygens (including phenoxy) is 1. The summed E-state index contributed by atoms with van der Waals surface area (Å²) in [7, 11) is 2.15. The van der Waals surface area contributed by atoms with Crippen LogP contribution in [0.3, 0.4) is 0 Å². The number of hydrogen-bond donors (Lipinski definition) is 0. The van der Waals surface area contributed by atoms with Crippen LogP contribution in [0.15, 0.2) is 30.3 Å². The highest BCUT2D eigenvalue weighted by Gasteiger charge is 2.36. The van der Waals surface area contributed by atoms with E-state index in [0.717, 1.165) is 56.7 Å². The molecule has 1 amide bonds. The third kappa shape index (κ3) is 5.68. The smallest absolute Gasteiger partial charge is 0.266 e. The second-order valence-corrected chi connectivity index (χ2v) is 9.70. The lowest BCUT2D eigenvalue weighted by Gasteiger charge is -2.39. The topological polar surface area (TPSA) is 65.0 Å². The number of rotatable bonds is 5. The van der Waals surface area contributed by atoms with E-state index >= 15 is 0 Å². The lowest BCUT2D eigenvalue weighted by atomic mass is 10.1. The van der Waals surface area contributed by atoms with Gasteiger partial charge in [-0.1, -0.05) is 11.6 Å². The quantitative estimate of drug-likeness (QED) is 0.662. The normalized spacial score (nSPS) is 17.9. The van der Waals surface area contributed by atoms with Crippen LogP contribution >= 0.6 is 11.6 Å². The third-order valence-electron chi connectivity index (χ3n) is 6.23. The van der Waals surface area contributed by atoms with Crippen molar-refractivity contribution in [3.63, 3.8) is 0 Å². The molecule has 2 aromatic rings. The molecule has 4 rings (SSSR count). The Bertz CT molecular complexity index is 967. The van der Waals surface area contributed by atoms with Crippen LogP contribution in [0.25, 0.3) is 0 Å². The van der Waals surface area contributed by atoms with Crippen molar-refractivity contribution >= 4 is 29.1 Å². The number of piperazine rings is 2. The molecule has 33 heavy (non-hydrogen) atoms. The lowest BCUT2D eigenvalue weighted by molar-refractivity contribution is -0.145. The zero-order chi connectivity index (χ0) is 23.6. The Labute approximate surface area is 201 Å². The zero-order valence-electron chi connectivity index (χ0n) is 19.9. The van der Waals surface area contributed by atoms with Gasteiger partial charge in [0.15, 0.2) is 5.60 Å². The minimum Gasteiger partial charge on any atom is -0.478 e. The number of aryl methyl sites for hydroxylation is 1. The van der Waals surface area contributed by atoms with E-state index in [1.54, 1.807) is 24.3 Å². The van der Waals surface area contributed by atoms with Gasteiger partial charge in [-0.25, -0.2) is 9.97 Å². The first kappa shape index (κ1) is 23.6. The maximum absolute atomic E-state index is 13.2. The first-order chi connectivity index (χ1) is 15.7. The molecule has 0 atom stereocenters. The fraction of sp³-hybridized carbons (Fsp3) is 0.542. The number of benzene rings is 1. The van der Waals surface area contributed by atoms with Gasteiger partial charge in [0.1, 0.15) is 23.2 Å². The molecule has 2 aliphatic rings. The van der Waals surface area contributed by atoms with E-state index in [0.29, 0.717) is 23.9 Å². The largest absolute Gasteiger partial charge is 0.478 e. The van der Waals surface area contributed by atoms with Gasteiger partial charge in [-0.3, -0.25) is 4.79 Å². The van der Waals surface area contributed by atoms with Crippen molar-refractivity contribution in [2.24, 2.45) is 0 Å². The van der Waals surface area contributed by atoms with Crippen LogP contribution < -0.4 is 14.5 Å². The van der Waals surface area contributed by atoms with Crippen LogP contribution in [0.1, 0.15) is 19.7 Å². The molecule has 2 aliphatic heterocycles. The summed E-state index contributed by atoms with van der Waals surface area (Å²) in [5.41, 5.74) is -0.962. The number of anilines is 2. The van der Waals surface area contributed by atoms with E-state index in [2.05, 4.69) is 37.8 Å². The van der Waals surface area contributed by atoms with Crippen molar-refractivity contribution in [3.8, 4) is 5.75 Å². The van der Waals surface area contributed by atoms with E-state index < -0.39 is 5.60 Å². The fourth-order valence-electron chi connectivity index (χ4n) is 4.26. The van der Waals surface area contributed by atoms with Crippen molar-refractivity contribution in [1.82, 2.24) is 19.8 Å². The summed E-state index contributed by atoms with van der Waals surface area (Å²) >= 11 is 5.95. The molecule has 0 N–H and O–H groups in total. The molecular weight excluding hydrogens is 440 g/mol. The highest BCUT2D eigenvalue weighted by molar-refractivity contribution is 6.30. The summed E-state index contributed by atoms with van der Waals surface area (Å²) in [6, 6.07) is 9.17. The second kappa shape index (κ2) is 9.73. The molecule has 0 unspecified atom stereocenters. The summed E-state index contributed by atoms with van der Waals surface area (Å²) < 4.78 is 6.00. The molecular formula is C24H33ClN6O2.